The van der Waals surface area contributed by atoms with Crippen molar-refractivity contribution < 1.29 is 9.90 Å². The van der Waals surface area contributed by atoms with Gasteiger partial charge in [0.1, 0.15) is 6.04 Å². The summed E-state index contributed by atoms with van der Waals surface area (Å²) in [6, 6.07) is 3.37. The largest absolute Gasteiger partial charge is 0.480 e. The van der Waals surface area contributed by atoms with Crippen LogP contribution >= 0.6 is 11.3 Å². The molecule has 0 bridgehead atoms. The van der Waals surface area contributed by atoms with Crippen molar-refractivity contribution in [2.45, 2.75) is 13.0 Å². The van der Waals surface area contributed by atoms with Crippen LogP contribution in [0.15, 0.2) is 17.5 Å². The van der Waals surface area contributed by atoms with Gasteiger partial charge < -0.3 is 5.11 Å². The van der Waals surface area contributed by atoms with Gasteiger partial charge in [0.25, 0.3) is 0 Å². The van der Waals surface area contributed by atoms with E-state index in [2.05, 4.69) is 6.92 Å². The Hall–Kier alpha value is -0.870. The van der Waals surface area contributed by atoms with Gasteiger partial charge in [-0.1, -0.05) is 13.0 Å². The van der Waals surface area contributed by atoms with Gasteiger partial charge in [0, 0.05) is 18.0 Å². The van der Waals surface area contributed by atoms with Crippen molar-refractivity contribution in [2.24, 2.45) is 5.92 Å². The Morgan fingerprint density at radius 1 is 1.71 bits per heavy atom. The smallest absolute Gasteiger partial charge is 0.326 e. The van der Waals surface area contributed by atoms with Gasteiger partial charge >= 0.3 is 5.97 Å². The molecule has 14 heavy (non-hydrogen) atoms. The lowest BCUT2D eigenvalue weighted by atomic mass is 9.99. The summed E-state index contributed by atoms with van der Waals surface area (Å²) in [6.45, 7) is 3.94. The summed E-state index contributed by atoms with van der Waals surface area (Å²) in [5.41, 5.74) is 0. The fourth-order valence-corrected chi connectivity index (χ4v) is 2.71. The Morgan fingerprint density at radius 2 is 2.43 bits per heavy atom. The molecule has 0 saturated carbocycles. The Kier molecular flexibility index (Phi) is 2.56. The average molecular weight is 211 g/mol. The van der Waals surface area contributed by atoms with Gasteiger partial charge in [-0.05, 0) is 17.4 Å². The standard InChI is InChI=1S/C10H13NO2S/c1-7-5-11(6-7)9(10(12)13)8-3-2-4-14-8/h2-4,7,9H,5-6H2,1H3,(H,12,13). The number of aliphatic carboxylic acids is 1. The van der Waals surface area contributed by atoms with Gasteiger partial charge in [-0.2, -0.15) is 0 Å². The number of carboxylic acids is 1. The first-order valence-corrected chi connectivity index (χ1v) is 5.56. The number of rotatable bonds is 3. The van der Waals surface area contributed by atoms with Gasteiger partial charge in [0.15, 0.2) is 0 Å². The summed E-state index contributed by atoms with van der Waals surface area (Å²) in [5.74, 6) is -0.101. The first kappa shape index (κ1) is 9.68. The topological polar surface area (TPSA) is 40.5 Å². The Balaban J connectivity index is 2.13. The van der Waals surface area contributed by atoms with Crippen molar-refractivity contribution >= 4 is 17.3 Å². The average Bonchev–Trinajstić information content (AvgIpc) is 2.54. The molecule has 76 valence electrons. The molecule has 1 aliphatic heterocycles. The maximum absolute atomic E-state index is 11.1. The van der Waals surface area contributed by atoms with Crippen LogP contribution in [0.2, 0.25) is 0 Å². The second-order valence-corrected chi connectivity index (χ2v) is 4.79. The number of hydrogen-bond acceptors (Lipinski definition) is 3. The minimum atomic E-state index is -0.737. The molecule has 1 fully saturated rings. The van der Waals surface area contributed by atoms with Crippen molar-refractivity contribution in [2.75, 3.05) is 13.1 Å². The monoisotopic (exact) mass is 211 g/mol. The van der Waals surface area contributed by atoms with Crippen LogP contribution in [-0.2, 0) is 4.79 Å². The maximum Gasteiger partial charge on any atom is 0.326 e. The molecule has 1 aromatic heterocycles. The van der Waals surface area contributed by atoms with Crippen molar-refractivity contribution in [3.8, 4) is 0 Å². The van der Waals surface area contributed by atoms with Gasteiger partial charge in [-0.3, -0.25) is 9.69 Å². The normalized spacial score (nSPS) is 20.4. The summed E-state index contributed by atoms with van der Waals surface area (Å²) in [7, 11) is 0. The SMILES string of the molecule is CC1CN(C(C(=O)O)c2cccs2)C1. The van der Waals surface area contributed by atoms with Crippen LogP contribution in [0.25, 0.3) is 0 Å². The van der Waals surface area contributed by atoms with Crippen LogP contribution in [0, 0.1) is 5.92 Å². The van der Waals surface area contributed by atoms with Crippen molar-refractivity contribution in [3.05, 3.63) is 22.4 Å². The molecule has 1 N–H and O–H groups in total. The number of carbonyl (C=O) groups is 1. The molecule has 0 aliphatic carbocycles. The second-order valence-electron chi connectivity index (χ2n) is 3.82. The molecule has 0 spiro atoms. The zero-order valence-electron chi connectivity index (χ0n) is 8.01. The molecule has 0 radical (unpaired) electrons. The number of thiophene rings is 1. The van der Waals surface area contributed by atoms with E-state index in [1.165, 1.54) is 11.3 Å². The predicted molar refractivity (Wildman–Crippen MR) is 55.4 cm³/mol. The first-order valence-electron chi connectivity index (χ1n) is 4.68. The van der Waals surface area contributed by atoms with Crippen LogP contribution in [0.4, 0.5) is 0 Å². The van der Waals surface area contributed by atoms with Gasteiger partial charge in [-0.15, -0.1) is 11.3 Å². The number of nitrogens with zero attached hydrogens (tertiary/aromatic N) is 1. The van der Waals surface area contributed by atoms with E-state index in [1.807, 2.05) is 22.4 Å². The maximum atomic E-state index is 11.1. The summed E-state index contributed by atoms with van der Waals surface area (Å²) in [4.78, 5) is 14.1. The van der Waals surface area contributed by atoms with Crippen LogP contribution < -0.4 is 0 Å². The van der Waals surface area contributed by atoms with Crippen molar-refractivity contribution in [1.29, 1.82) is 0 Å². The van der Waals surface area contributed by atoms with Crippen LogP contribution in [0.1, 0.15) is 17.8 Å². The molecule has 1 aliphatic rings. The molecule has 4 heteroatoms. The minimum absolute atomic E-state index is 0.425. The highest BCUT2D eigenvalue weighted by Gasteiger charge is 2.35. The Morgan fingerprint density at radius 3 is 2.86 bits per heavy atom. The van der Waals surface area contributed by atoms with Crippen LogP contribution in [-0.4, -0.2) is 29.1 Å². The predicted octanol–water partition coefficient (Wildman–Crippen LogP) is 1.83. The molecule has 1 atom stereocenters. The van der Waals surface area contributed by atoms with E-state index in [4.69, 9.17) is 5.11 Å². The highest BCUT2D eigenvalue weighted by molar-refractivity contribution is 7.10. The van der Waals surface area contributed by atoms with E-state index < -0.39 is 12.0 Å². The third-order valence-electron chi connectivity index (χ3n) is 2.50. The van der Waals surface area contributed by atoms with E-state index in [-0.39, 0.29) is 0 Å². The lowest BCUT2D eigenvalue weighted by Crippen LogP contribution is -2.49. The van der Waals surface area contributed by atoms with Crippen LogP contribution in [0.3, 0.4) is 0 Å². The Labute approximate surface area is 87.0 Å². The molecule has 0 amide bonds. The third kappa shape index (κ3) is 1.67. The number of likely N-dealkylation sites (tertiary alicyclic amines) is 1. The molecule has 3 nitrogen and oxygen atoms in total. The van der Waals surface area contributed by atoms with Crippen molar-refractivity contribution in [1.82, 2.24) is 4.90 Å². The van der Waals surface area contributed by atoms with E-state index in [0.29, 0.717) is 5.92 Å². The number of hydrogen-bond donors (Lipinski definition) is 1. The molecule has 0 aromatic carbocycles. The zero-order chi connectivity index (χ0) is 10.1. The summed E-state index contributed by atoms with van der Waals surface area (Å²) >= 11 is 1.52. The van der Waals surface area contributed by atoms with Crippen LogP contribution in [0.5, 0.6) is 0 Å². The van der Waals surface area contributed by atoms with E-state index in [0.717, 1.165) is 18.0 Å². The summed E-state index contributed by atoms with van der Waals surface area (Å²) in [5, 5.41) is 11.1. The second kappa shape index (κ2) is 3.71. The lowest BCUT2D eigenvalue weighted by Gasteiger charge is -2.40. The van der Waals surface area contributed by atoms with Gasteiger partial charge in [0.2, 0.25) is 0 Å². The van der Waals surface area contributed by atoms with E-state index in [1.54, 1.807) is 0 Å². The molecule has 1 unspecified atom stereocenters. The molecular formula is C10H13NO2S. The molecule has 2 heterocycles. The van der Waals surface area contributed by atoms with E-state index in [9.17, 15) is 4.79 Å². The van der Waals surface area contributed by atoms with Crippen molar-refractivity contribution in [3.63, 3.8) is 0 Å². The Bertz CT molecular complexity index is 317. The molecule has 1 saturated heterocycles. The summed E-state index contributed by atoms with van der Waals surface area (Å²) < 4.78 is 0. The van der Waals surface area contributed by atoms with Gasteiger partial charge in [-0.25, -0.2) is 0 Å². The fourth-order valence-electron chi connectivity index (χ4n) is 1.86. The summed E-state index contributed by atoms with van der Waals surface area (Å²) in [6.07, 6.45) is 0. The molecule has 2 rings (SSSR count). The first-order chi connectivity index (χ1) is 6.68. The minimum Gasteiger partial charge on any atom is -0.480 e. The highest BCUT2D eigenvalue weighted by Crippen LogP contribution is 2.31. The lowest BCUT2D eigenvalue weighted by molar-refractivity contribution is -0.146. The zero-order valence-corrected chi connectivity index (χ0v) is 8.83. The number of carboxylic acid groups (broad SMARTS) is 1. The van der Waals surface area contributed by atoms with E-state index >= 15 is 0 Å². The molecule has 1 aromatic rings. The quantitative estimate of drug-likeness (QED) is 0.829. The highest BCUT2D eigenvalue weighted by atomic mass is 32.1. The molecular weight excluding hydrogens is 198 g/mol. The third-order valence-corrected chi connectivity index (χ3v) is 3.43. The van der Waals surface area contributed by atoms with Gasteiger partial charge in [0.05, 0.1) is 0 Å². The fraction of sp³-hybridized carbons (Fsp3) is 0.500.